The van der Waals surface area contributed by atoms with Crippen LogP contribution >= 0.6 is 0 Å². The van der Waals surface area contributed by atoms with Crippen molar-refractivity contribution >= 4 is 17.4 Å². The summed E-state index contributed by atoms with van der Waals surface area (Å²) in [5.41, 5.74) is 5.84. The molecular weight excluding hydrogens is 408 g/mol. The Morgan fingerprint density at radius 1 is 0.939 bits per heavy atom. The Balaban J connectivity index is 1.09. The largest absolute Gasteiger partial charge is 0.312 e. The van der Waals surface area contributed by atoms with E-state index >= 15 is 0 Å². The van der Waals surface area contributed by atoms with Crippen LogP contribution in [0.1, 0.15) is 72.0 Å². The van der Waals surface area contributed by atoms with Gasteiger partial charge in [-0.1, -0.05) is 30.3 Å². The highest BCUT2D eigenvalue weighted by atomic mass is 16.2. The average Bonchev–Trinajstić information content (AvgIpc) is 2.86. The maximum atomic E-state index is 13.1. The summed E-state index contributed by atoms with van der Waals surface area (Å²) in [5.74, 6) is 1.20. The standard InChI is InChI=1S/C29H36N2O2/c32-27(26-20-24-9-5-17-31-28(33)13-11-25(21-26)29(24)31)12-10-23-14-18-30(19-15-23)16-4-8-22-6-2-1-3-7-22/h1-3,6-7,20-21,23H,4-5,8-19H2. The Morgan fingerprint density at radius 3 is 2.48 bits per heavy atom. The number of nitrogens with zero attached hydrogens (tertiary/aromatic N) is 2. The van der Waals surface area contributed by atoms with Crippen LogP contribution in [0, 0.1) is 5.92 Å². The second-order valence-electron chi connectivity index (χ2n) is 10.1. The molecular formula is C29H36N2O2. The third kappa shape index (κ3) is 5.22. The fourth-order valence-corrected chi connectivity index (χ4v) is 5.94. The number of piperidine rings is 1. The second-order valence-corrected chi connectivity index (χ2v) is 10.1. The van der Waals surface area contributed by atoms with Crippen LogP contribution in [0.25, 0.3) is 0 Å². The lowest BCUT2D eigenvalue weighted by Gasteiger charge is -2.35. The second kappa shape index (κ2) is 10.2. The van der Waals surface area contributed by atoms with E-state index in [1.165, 1.54) is 55.6 Å². The first-order valence-corrected chi connectivity index (χ1v) is 12.9. The van der Waals surface area contributed by atoms with Crippen LogP contribution in [0.4, 0.5) is 5.69 Å². The van der Waals surface area contributed by atoms with Gasteiger partial charge < -0.3 is 9.80 Å². The molecule has 2 aromatic rings. The first kappa shape index (κ1) is 22.3. The number of likely N-dealkylation sites (tertiary alicyclic amines) is 1. The number of rotatable bonds is 8. The minimum absolute atomic E-state index is 0.244. The third-order valence-electron chi connectivity index (χ3n) is 7.87. The van der Waals surface area contributed by atoms with E-state index in [1.807, 2.05) is 4.90 Å². The van der Waals surface area contributed by atoms with E-state index in [0.29, 0.717) is 18.8 Å². The lowest BCUT2D eigenvalue weighted by molar-refractivity contribution is -0.119. The van der Waals surface area contributed by atoms with E-state index in [2.05, 4.69) is 47.4 Å². The Bertz CT molecular complexity index is 975. The van der Waals surface area contributed by atoms with E-state index in [9.17, 15) is 9.59 Å². The fourth-order valence-electron chi connectivity index (χ4n) is 5.94. The Hall–Kier alpha value is -2.46. The van der Waals surface area contributed by atoms with Crippen molar-refractivity contribution in [2.45, 2.75) is 64.2 Å². The van der Waals surface area contributed by atoms with Gasteiger partial charge in [-0.3, -0.25) is 9.59 Å². The molecule has 3 heterocycles. The van der Waals surface area contributed by atoms with Crippen LogP contribution in [0.2, 0.25) is 0 Å². The molecule has 4 nitrogen and oxygen atoms in total. The molecule has 1 amide bonds. The molecule has 0 spiro atoms. The molecule has 0 saturated carbocycles. The number of hydrogen-bond acceptors (Lipinski definition) is 3. The molecule has 3 aliphatic rings. The first-order chi connectivity index (χ1) is 16.2. The highest BCUT2D eigenvalue weighted by molar-refractivity contribution is 6.01. The molecule has 0 aromatic heterocycles. The van der Waals surface area contributed by atoms with E-state index < -0.39 is 0 Å². The van der Waals surface area contributed by atoms with Crippen molar-refractivity contribution in [3.05, 3.63) is 64.7 Å². The zero-order valence-corrected chi connectivity index (χ0v) is 19.7. The molecule has 1 saturated heterocycles. The molecule has 33 heavy (non-hydrogen) atoms. The van der Waals surface area contributed by atoms with Gasteiger partial charge in [0.15, 0.2) is 5.78 Å². The van der Waals surface area contributed by atoms with Crippen molar-refractivity contribution in [2.75, 3.05) is 31.1 Å². The molecule has 0 aliphatic carbocycles. The molecule has 4 heteroatoms. The number of Topliss-reactive ketones (excluding diaryl/α,β-unsaturated/α-hetero) is 1. The van der Waals surface area contributed by atoms with E-state index in [4.69, 9.17) is 0 Å². The van der Waals surface area contributed by atoms with Crippen LogP contribution in [-0.2, 0) is 24.1 Å². The van der Waals surface area contributed by atoms with Gasteiger partial charge in [-0.05, 0) is 106 Å². The van der Waals surface area contributed by atoms with Crippen molar-refractivity contribution in [3.63, 3.8) is 0 Å². The van der Waals surface area contributed by atoms with Gasteiger partial charge >= 0.3 is 0 Å². The minimum atomic E-state index is 0.244. The molecule has 1 fully saturated rings. The predicted octanol–water partition coefficient (Wildman–Crippen LogP) is 5.22. The fraction of sp³-hybridized carbons (Fsp3) is 0.517. The number of carbonyl (C=O) groups is 2. The molecule has 174 valence electrons. The van der Waals surface area contributed by atoms with E-state index in [1.54, 1.807) is 0 Å². The lowest BCUT2D eigenvalue weighted by Crippen LogP contribution is -2.39. The van der Waals surface area contributed by atoms with Crippen molar-refractivity contribution in [1.29, 1.82) is 0 Å². The van der Waals surface area contributed by atoms with Crippen LogP contribution < -0.4 is 4.90 Å². The van der Waals surface area contributed by atoms with Crippen molar-refractivity contribution in [1.82, 2.24) is 4.90 Å². The van der Waals surface area contributed by atoms with Gasteiger partial charge in [0.05, 0.1) is 5.69 Å². The summed E-state index contributed by atoms with van der Waals surface area (Å²) in [6.07, 6.45) is 9.80. The van der Waals surface area contributed by atoms with Crippen molar-refractivity contribution < 1.29 is 9.59 Å². The normalized spacial score (nSPS) is 18.9. The Labute approximate surface area is 198 Å². The summed E-state index contributed by atoms with van der Waals surface area (Å²) in [6, 6.07) is 14.9. The first-order valence-electron chi connectivity index (χ1n) is 12.9. The van der Waals surface area contributed by atoms with Gasteiger partial charge in [0, 0.05) is 24.9 Å². The Morgan fingerprint density at radius 2 is 1.70 bits per heavy atom. The number of aryl methyl sites for hydroxylation is 3. The number of carbonyl (C=O) groups excluding carboxylic acids is 2. The highest BCUT2D eigenvalue weighted by Gasteiger charge is 2.30. The predicted molar refractivity (Wildman–Crippen MR) is 133 cm³/mol. The summed E-state index contributed by atoms with van der Waals surface area (Å²) in [5, 5.41) is 0. The van der Waals surface area contributed by atoms with Gasteiger partial charge in [0.1, 0.15) is 0 Å². The average molecular weight is 445 g/mol. The number of anilines is 1. The molecule has 2 aromatic carbocycles. The molecule has 3 aliphatic heterocycles. The van der Waals surface area contributed by atoms with Crippen LogP contribution in [0.3, 0.4) is 0 Å². The van der Waals surface area contributed by atoms with Gasteiger partial charge in [-0.15, -0.1) is 0 Å². The van der Waals surface area contributed by atoms with Gasteiger partial charge in [0.2, 0.25) is 5.91 Å². The highest BCUT2D eigenvalue weighted by Crippen LogP contribution is 2.37. The number of benzene rings is 2. The monoisotopic (exact) mass is 444 g/mol. The molecule has 0 unspecified atom stereocenters. The number of amides is 1. The molecule has 5 rings (SSSR count). The molecule has 0 atom stereocenters. The summed E-state index contributed by atoms with van der Waals surface area (Å²) in [6.45, 7) is 4.34. The summed E-state index contributed by atoms with van der Waals surface area (Å²) in [7, 11) is 0. The zero-order valence-electron chi connectivity index (χ0n) is 19.7. The maximum absolute atomic E-state index is 13.1. The zero-order chi connectivity index (χ0) is 22.6. The van der Waals surface area contributed by atoms with E-state index in [-0.39, 0.29) is 11.7 Å². The van der Waals surface area contributed by atoms with Crippen LogP contribution in [-0.4, -0.2) is 42.8 Å². The summed E-state index contributed by atoms with van der Waals surface area (Å²) < 4.78 is 0. The molecule has 0 bridgehead atoms. The van der Waals surface area contributed by atoms with Gasteiger partial charge in [-0.2, -0.15) is 0 Å². The number of ketones is 1. The smallest absolute Gasteiger partial charge is 0.227 e. The maximum Gasteiger partial charge on any atom is 0.227 e. The molecule has 0 radical (unpaired) electrons. The summed E-state index contributed by atoms with van der Waals surface area (Å²) >= 11 is 0. The minimum Gasteiger partial charge on any atom is -0.312 e. The third-order valence-corrected chi connectivity index (χ3v) is 7.87. The lowest BCUT2D eigenvalue weighted by atomic mass is 9.87. The van der Waals surface area contributed by atoms with E-state index in [0.717, 1.165) is 49.9 Å². The van der Waals surface area contributed by atoms with Crippen LogP contribution in [0.15, 0.2) is 42.5 Å². The van der Waals surface area contributed by atoms with Crippen LogP contribution in [0.5, 0.6) is 0 Å². The Kier molecular flexibility index (Phi) is 6.91. The molecule has 0 N–H and O–H groups in total. The SMILES string of the molecule is O=C(CCC1CCN(CCCc2ccccc2)CC1)c1cc2c3c(c1)CCC(=O)N3CCC2. The topological polar surface area (TPSA) is 40.6 Å². The van der Waals surface area contributed by atoms with Crippen molar-refractivity contribution in [2.24, 2.45) is 5.92 Å². The van der Waals surface area contributed by atoms with Gasteiger partial charge in [0.25, 0.3) is 0 Å². The number of hydrogen-bond donors (Lipinski definition) is 0. The summed E-state index contributed by atoms with van der Waals surface area (Å²) in [4.78, 5) is 29.9. The van der Waals surface area contributed by atoms with Crippen molar-refractivity contribution in [3.8, 4) is 0 Å². The quantitative estimate of drug-likeness (QED) is 0.524. The van der Waals surface area contributed by atoms with Gasteiger partial charge in [-0.25, -0.2) is 0 Å².